The molecular formula is C33H22ClN9Na4O12S4. The number of fused-ring (bicyclic) bond motifs is 3. The van der Waals surface area contributed by atoms with Crippen molar-refractivity contribution in [1.82, 2.24) is 15.0 Å². The van der Waals surface area contributed by atoms with Crippen LogP contribution in [-0.2, 0) is 40.5 Å². The molecule has 7 aromatic rings. The van der Waals surface area contributed by atoms with Crippen LogP contribution in [-0.4, -0.2) is 185 Å². The van der Waals surface area contributed by atoms with Crippen LogP contribution in [0.15, 0.2) is 131 Å². The van der Waals surface area contributed by atoms with Crippen LogP contribution in [0.2, 0.25) is 5.28 Å². The van der Waals surface area contributed by atoms with E-state index in [4.69, 9.17) is 17.3 Å². The number of nitrogens with zero attached hydrogens (tertiary/aromatic N) is 7. The van der Waals surface area contributed by atoms with E-state index < -0.39 is 76.5 Å². The molecule has 306 valence electrons. The summed E-state index contributed by atoms with van der Waals surface area (Å²) in [4.78, 5) is 8.21. The van der Waals surface area contributed by atoms with Crippen molar-refractivity contribution < 1.29 is 51.9 Å². The molecule has 0 saturated carbocycles. The van der Waals surface area contributed by atoms with Crippen LogP contribution in [0.5, 0.6) is 0 Å². The van der Waals surface area contributed by atoms with Gasteiger partial charge in [-0.25, -0.2) is 0 Å². The molecule has 0 aliphatic rings. The van der Waals surface area contributed by atoms with Crippen molar-refractivity contribution >= 4 is 243 Å². The maximum absolute atomic E-state index is 12.4. The van der Waals surface area contributed by atoms with E-state index in [1.807, 2.05) is 0 Å². The molecule has 4 radical (unpaired) electrons. The minimum atomic E-state index is -5.18. The number of nitrogen functional groups attached to an aromatic ring is 1. The van der Waals surface area contributed by atoms with E-state index in [0.717, 1.165) is 18.2 Å². The average Bonchev–Trinajstić information content (AvgIpc) is 3.14. The zero-order chi connectivity index (χ0) is 42.7. The standard InChI is InChI=1S/C33H22ClN9O12S4.4Na/c34-31-37-32(35)39-33(38-31)36-24-8-9-27(22-13-16(56(44,45)46)5-6-20(22)24)41-40-25-10-11-26(19-4-2-1-3-18(19)25)42-43-30-23-14-17(57(47,48)49)15-29(59(53,54)55)21(23)7-12-28(30)58(50,51)52;;;;/h1-15H,(H,44,45,46)(H,47,48,49)(H,50,51,52)(H,53,54,55)(H3,35,36,37,38,39);;;;. The smallest absolute Gasteiger partial charge is 0.296 e. The summed E-state index contributed by atoms with van der Waals surface area (Å²) in [7, 11) is -20.1. The summed E-state index contributed by atoms with van der Waals surface area (Å²) < 4.78 is 137. The number of nitrogens with two attached hydrogens (primary N) is 1. The third kappa shape index (κ3) is 12.4. The number of anilines is 3. The molecule has 21 nitrogen and oxygen atoms in total. The molecular weight excluding hydrogens is 970 g/mol. The molecule has 0 saturated heterocycles. The second kappa shape index (κ2) is 21.2. The fourth-order valence-corrected chi connectivity index (χ4v) is 8.53. The predicted octanol–water partition coefficient (Wildman–Crippen LogP) is 5.60. The first-order valence-electron chi connectivity index (χ1n) is 15.9. The van der Waals surface area contributed by atoms with Gasteiger partial charge in [0, 0.05) is 156 Å². The van der Waals surface area contributed by atoms with E-state index >= 15 is 0 Å². The molecule has 0 aliphatic heterocycles. The van der Waals surface area contributed by atoms with Crippen molar-refractivity contribution in [2.45, 2.75) is 19.6 Å². The Hall–Kier alpha value is -2.16. The van der Waals surface area contributed by atoms with Crippen LogP contribution in [0.25, 0.3) is 32.3 Å². The maximum atomic E-state index is 12.4. The van der Waals surface area contributed by atoms with Gasteiger partial charge in [0.25, 0.3) is 40.5 Å². The van der Waals surface area contributed by atoms with E-state index in [9.17, 15) is 51.9 Å². The Bertz CT molecular complexity index is 3470. The third-order valence-corrected chi connectivity index (χ3v) is 12.0. The van der Waals surface area contributed by atoms with Crippen LogP contribution < -0.4 is 11.1 Å². The summed E-state index contributed by atoms with van der Waals surface area (Å²) in [6.45, 7) is 0. The molecule has 0 fully saturated rings. The molecule has 0 atom stereocenters. The van der Waals surface area contributed by atoms with Gasteiger partial charge in [0.1, 0.15) is 15.5 Å². The quantitative estimate of drug-likeness (QED) is 0.0551. The minimum Gasteiger partial charge on any atom is -0.368 e. The van der Waals surface area contributed by atoms with Crippen molar-refractivity contribution in [3.05, 3.63) is 96.3 Å². The van der Waals surface area contributed by atoms with Crippen molar-refractivity contribution in [3.63, 3.8) is 0 Å². The normalized spacial score (nSPS) is 12.1. The Labute approximate surface area is 451 Å². The summed E-state index contributed by atoms with van der Waals surface area (Å²) >= 11 is 5.91. The SMILES string of the molecule is Nc1nc(Cl)nc(Nc2ccc(N=Nc3ccc(N=Nc4c(S(=O)(=O)O)ccc5c(S(=O)(=O)O)cc(S(=O)(=O)O)cc45)c4ccccc34)c3cc(S(=O)(=O)O)ccc23)n1.[Na].[Na].[Na].[Na]. The second-order valence-corrected chi connectivity index (χ2v) is 18.1. The fourth-order valence-electron chi connectivity index (χ4n) is 5.88. The van der Waals surface area contributed by atoms with Gasteiger partial charge in [-0.05, 0) is 66.2 Å². The number of nitrogens with one attached hydrogen (secondary N) is 1. The number of halogens is 1. The van der Waals surface area contributed by atoms with Gasteiger partial charge in [-0.2, -0.15) is 48.6 Å². The van der Waals surface area contributed by atoms with Crippen molar-refractivity contribution in [3.8, 4) is 0 Å². The van der Waals surface area contributed by atoms with E-state index in [1.54, 1.807) is 30.3 Å². The average molecular weight is 992 g/mol. The molecule has 0 spiro atoms. The van der Waals surface area contributed by atoms with Crippen LogP contribution in [0, 0.1) is 0 Å². The minimum absolute atomic E-state index is 0. The molecule has 7 N–H and O–H groups in total. The van der Waals surface area contributed by atoms with Crippen LogP contribution in [0.4, 0.5) is 40.3 Å². The first kappa shape index (κ1) is 55.2. The monoisotopic (exact) mass is 991 g/mol. The van der Waals surface area contributed by atoms with Gasteiger partial charge in [-0.3, -0.25) is 18.2 Å². The molecule has 6 aromatic carbocycles. The zero-order valence-electron chi connectivity index (χ0n) is 32.9. The van der Waals surface area contributed by atoms with Crippen molar-refractivity contribution in [1.29, 1.82) is 0 Å². The summed E-state index contributed by atoms with van der Waals surface area (Å²) in [6.07, 6.45) is 0. The topological polar surface area (TPSA) is 344 Å². The summed E-state index contributed by atoms with van der Waals surface area (Å²) in [6, 6.07) is 18.8. The van der Waals surface area contributed by atoms with Crippen LogP contribution >= 0.6 is 11.6 Å². The van der Waals surface area contributed by atoms with E-state index in [0.29, 0.717) is 34.0 Å². The molecule has 30 heteroatoms. The Morgan fingerprint density at radius 1 is 0.492 bits per heavy atom. The van der Waals surface area contributed by atoms with Crippen molar-refractivity contribution in [2.75, 3.05) is 11.1 Å². The Balaban J connectivity index is 0.00000264. The number of azo groups is 2. The summed E-state index contributed by atoms with van der Waals surface area (Å²) in [5, 5.41) is 19.9. The van der Waals surface area contributed by atoms with Crippen molar-refractivity contribution in [2.24, 2.45) is 20.5 Å². The Morgan fingerprint density at radius 3 is 1.54 bits per heavy atom. The summed E-state index contributed by atoms with van der Waals surface area (Å²) in [5.74, 6) is -0.198. The Kier molecular flexibility index (Phi) is 18.6. The maximum Gasteiger partial charge on any atom is 0.296 e. The largest absolute Gasteiger partial charge is 0.368 e. The van der Waals surface area contributed by atoms with Crippen LogP contribution in [0.3, 0.4) is 0 Å². The number of hydrogen-bond acceptors (Lipinski definition) is 17. The molecule has 7 rings (SSSR count). The van der Waals surface area contributed by atoms with Gasteiger partial charge in [-0.15, -0.1) is 20.5 Å². The van der Waals surface area contributed by atoms with E-state index in [2.05, 4.69) is 40.7 Å². The van der Waals surface area contributed by atoms with Gasteiger partial charge >= 0.3 is 0 Å². The number of hydrogen-bond donors (Lipinski definition) is 6. The van der Waals surface area contributed by atoms with Crippen LogP contribution in [0.1, 0.15) is 0 Å². The third-order valence-electron chi connectivity index (χ3n) is 8.40. The molecule has 1 heterocycles. The van der Waals surface area contributed by atoms with Gasteiger partial charge in [0.05, 0.1) is 26.9 Å². The first-order chi connectivity index (χ1) is 27.6. The molecule has 0 aliphatic carbocycles. The van der Waals surface area contributed by atoms with Gasteiger partial charge in [-0.1, -0.05) is 36.4 Å². The van der Waals surface area contributed by atoms with Gasteiger partial charge < -0.3 is 11.1 Å². The Morgan fingerprint density at radius 2 is 1.00 bits per heavy atom. The van der Waals surface area contributed by atoms with Gasteiger partial charge in [0.15, 0.2) is 0 Å². The fraction of sp³-hybridized carbons (Fsp3) is 0. The molecule has 0 unspecified atom stereocenters. The van der Waals surface area contributed by atoms with E-state index in [1.165, 1.54) is 30.3 Å². The summed E-state index contributed by atoms with van der Waals surface area (Å²) in [5.41, 5.74) is 5.71. The first-order valence-corrected chi connectivity index (χ1v) is 22.1. The molecule has 63 heavy (non-hydrogen) atoms. The zero-order valence-corrected chi connectivity index (χ0v) is 45.0. The predicted molar refractivity (Wildman–Crippen MR) is 235 cm³/mol. The number of rotatable bonds is 10. The molecule has 0 bridgehead atoms. The molecule has 1 aromatic heterocycles. The molecule has 0 amide bonds. The van der Waals surface area contributed by atoms with E-state index in [-0.39, 0.29) is 158 Å². The second-order valence-electron chi connectivity index (χ2n) is 12.1. The van der Waals surface area contributed by atoms with Gasteiger partial charge in [0.2, 0.25) is 17.2 Å². The number of aromatic nitrogens is 3. The number of benzene rings is 6.